The minimum absolute atomic E-state index is 0.331. The third-order valence-corrected chi connectivity index (χ3v) is 25.3. The Balaban J connectivity index is 1.07. The Morgan fingerprint density at radius 1 is 0.337 bits per heavy atom. The minimum Gasteiger partial charge on any atom is -0.310 e. The van der Waals surface area contributed by atoms with Crippen LogP contribution < -0.4 is 0 Å². The lowest BCUT2D eigenvalue weighted by Crippen LogP contribution is -2.23. The Morgan fingerprint density at radius 2 is 0.708 bits per heavy atom. The van der Waals surface area contributed by atoms with E-state index < -0.39 is 0 Å². The van der Waals surface area contributed by atoms with Crippen molar-refractivity contribution in [2.75, 3.05) is 0 Å². The first-order valence-corrected chi connectivity index (χ1v) is 33.5. The molecule has 0 N–H and O–H groups in total. The number of para-hydroxylation sites is 1. The van der Waals surface area contributed by atoms with Crippen LogP contribution in [-0.4, -0.2) is 13.4 Å². The van der Waals surface area contributed by atoms with E-state index in [1.165, 1.54) is 120 Å². The summed E-state index contributed by atoms with van der Waals surface area (Å²) in [5.41, 5.74) is 29.2. The highest BCUT2D eigenvalue weighted by Crippen LogP contribution is 2.64. The molecular weight excluding hydrogens is 1080 g/mol. The van der Waals surface area contributed by atoms with Gasteiger partial charge in [-0.3, -0.25) is 0 Å². The summed E-state index contributed by atoms with van der Waals surface area (Å²) in [6, 6.07) is 49.3. The molecule has 5 heterocycles. The van der Waals surface area contributed by atoms with E-state index in [2.05, 4.69) is 150 Å². The number of fused-ring (bicyclic) bond motifs is 25. The molecule has 0 spiro atoms. The third-order valence-electron chi connectivity index (χ3n) is 25.3. The van der Waals surface area contributed by atoms with Gasteiger partial charge in [-0.1, -0.05) is 78.9 Å². The van der Waals surface area contributed by atoms with E-state index in [4.69, 9.17) is 13.1 Å². The molecule has 0 unspecified atom stereocenters. The van der Waals surface area contributed by atoms with E-state index in [0.29, 0.717) is 47.3 Å². The minimum atomic E-state index is 0.331. The van der Waals surface area contributed by atoms with E-state index in [1.807, 2.05) is 0 Å². The Kier molecular flexibility index (Phi) is 9.09. The zero-order valence-electron chi connectivity index (χ0n) is 49.5. The standard InChI is InChI=1S/C82H59N7/c1-85-57-36-62-72(70-48-28-20-44(21-29-48)66(57)70)54-34-55-74-61(35-56-73-59(32-50(38-83)64-42-16-24-46(25-17-42)68(64)73)87-60-33-51(39-84)65-43-18-26-47(27-19-43)69(65)75(60)77(74)80(56)87)89(79-52(40-10-5-3-6-11-40)14-9-15-53(79)41-12-7-4-8-13-41)82(55)78-76-63(88(62)81(54)78)37-58(86-2)67-45-22-30-49(31-23-45)71(67)76/h3-15,32-37,42-49H,16-31H2. The van der Waals surface area contributed by atoms with E-state index in [1.54, 1.807) is 0 Å². The second kappa shape index (κ2) is 16.7. The predicted molar refractivity (Wildman–Crippen MR) is 359 cm³/mol. The third kappa shape index (κ3) is 5.65. The summed E-state index contributed by atoms with van der Waals surface area (Å²) in [7, 11) is 0. The first-order valence-electron chi connectivity index (χ1n) is 33.5. The zero-order valence-corrected chi connectivity index (χ0v) is 49.5. The highest BCUT2D eigenvalue weighted by molar-refractivity contribution is 6.42. The van der Waals surface area contributed by atoms with Gasteiger partial charge in [-0.15, -0.1) is 0 Å². The molecule has 7 heteroatoms. The molecule has 14 aromatic rings. The van der Waals surface area contributed by atoms with Crippen LogP contribution in [0.1, 0.15) is 206 Å². The number of hydrogen-bond donors (Lipinski definition) is 0. The predicted octanol–water partition coefficient (Wildman–Crippen LogP) is 22.3. The van der Waals surface area contributed by atoms with Crippen molar-refractivity contribution >= 4 is 109 Å². The van der Waals surface area contributed by atoms with Gasteiger partial charge < -0.3 is 13.4 Å². The van der Waals surface area contributed by atoms with Crippen molar-refractivity contribution in [2.45, 2.75) is 150 Å². The van der Waals surface area contributed by atoms with E-state index >= 15 is 0 Å². The first kappa shape index (κ1) is 48.4. The van der Waals surface area contributed by atoms with E-state index in [-0.39, 0.29) is 0 Å². The quantitative estimate of drug-likeness (QED) is 0.165. The van der Waals surface area contributed by atoms with Crippen molar-refractivity contribution in [2.24, 2.45) is 0 Å². The molecule has 8 bridgehead atoms. The van der Waals surface area contributed by atoms with Crippen LogP contribution in [0.25, 0.3) is 136 Å². The average molecular weight is 1140 g/mol. The molecule has 0 aliphatic heterocycles. The van der Waals surface area contributed by atoms with Gasteiger partial charge in [0.1, 0.15) is 0 Å². The summed E-state index contributed by atoms with van der Waals surface area (Å²) in [4.78, 5) is 9.00. The maximum absolute atomic E-state index is 11.5. The monoisotopic (exact) mass is 1140 g/mol. The molecule has 5 aromatic heterocycles. The van der Waals surface area contributed by atoms with Crippen molar-refractivity contribution in [1.82, 2.24) is 13.4 Å². The molecule has 0 atom stereocenters. The fourth-order valence-electron chi connectivity index (χ4n) is 22.2. The van der Waals surface area contributed by atoms with Gasteiger partial charge in [-0.2, -0.15) is 10.5 Å². The number of hydrogen-bond acceptors (Lipinski definition) is 2. The lowest BCUT2D eigenvalue weighted by Gasteiger charge is -2.40. The molecule has 0 amide bonds. The SMILES string of the molecule is [C-]#[N+]c1cc2c(c3c1C1CCC3CC1)c1cc3c4c5c6c7c(c(C#N)cc6n6c8cc(C#N)c9c(c8c(cc4n(-c4c(-c8ccccc8)cccc4-c4ccccc4)c3c3c4c8c(c([N+]#[C-])cc4n2c13)C1CCC8CC1)c56)C1CCC9CC1)C1CCC7CC1. The summed E-state index contributed by atoms with van der Waals surface area (Å²) in [6.07, 6.45) is 18.0. The number of aromatic nitrogens is 3. The maximum atomic E-state index is 11.5. The smallest absolute Gasteiger partial charge is 0.193 e. The van der Waals surface area contributed by atoms with Crippen LogP contribution in [0.4, 0.5) is 11.4 Å². The topological polar surface area (TPSA) is 70.0 Å². The summed E-state index contributed by atoms with van der Waals surface area (Å²) >= 11 is 0. The second-order valence-electron chi connectivity index (χ2n) is 28.7. The largest absolute Gasteiger partial charge is 0.310 e. The Hall–Kier alpha value is -9.66. The molecule has 422 valence electrons. The van der Waals surface area contributed by atoms with Crippen LogP contribution in [0, 0.1) is 35.8 Å². The zero-order chi connectivity index (χ0) is 58.1. The highest BCUT2D eigenvalue weighted by Gasteiger charge is 2.45. The average Bonchev–Trinajstić information content (AvgIpc) is 1.52. The van der Waals surface area contributed by atoms with Crippen molar-refractivity contribution in [3.05, 3.63) is 194 Å². The Labute approximate surface area is 514 Å². The lowest BCUT2D eigenvalue weighted by atomic mass is 9.64. The fourth-order valence-corrected chi connectivity index (χ4v) is 22.2. The van der Waals surface area contributed by atoms with Gasteiger partial charge in [0, 0.05) is 76.0 Å². The van der Waals surface area contributed by atoms with Crippen LogP contribution in [0.2, 0.25) is 0 Å². The van der Waals surface area contributed by atoms with Gasteiger partial charge in [0.2, 0.25) is 0 Å². The summed E-state index contributed by atoms with van der Waals surface area (Å²) in [6.45, 7) is 18.0. The van der Waals surface area contributed by atoms with Crippen LogP contribution in [0.3, 0.4) is 0 Å². The van der Waals surface area contributed by atoms with Gasteiger partial charge in [-0.25, -0.2) is 9.69 Å². The van der Waals surface area contributed by atoms with Crippen LogP contribution >= 0.6 is 0 Å². The molecule has 89 heavy (non-hydrogen) atoms. The van der Waals surface area contributed by atoms with Crippen molar-refractivity contribution in [1.29, 1.82) is 10.5 Å². The van der Waals surface area contributed by atoms with Crippen LogP contribution in [-0.2, 0) is 0 Å². The van der Waals surface area contributed by atoms with Crippen LogP contribution in [0.5, 0.6) is 0 Å². The Bertz CT molecular complexity index is 5770. The molecule has 0 saturated heterocycles. The first-order chi connectivity index (χ1) is 44.0. The molecule has 9 aromatic carbocycles. The van der Waals surface area contributed by atoms with Gasteiger partial charge in [0.25, 0.3) is 0 Å². The van der Waals surface area contributed by atoms with Gasteiger partial charge in [-0.05, 0) is 242 Å². The van der Waals surface area contributed by atoms with Crippen LogP contribution in [0.15, 0.2) is 115 Å². The molecule has 26 rings (SSSR count). The van der Waals surface area contributed by atoms with Crippen molar-refractivity contribution < 1.29 is 0 Å². The van der Waals surface area contributed by atoms with E-state index in [9.17, 15) is 10.5 Å². The summed E-state index contributed by atoms with van der Waals surface area (Å²) < 4.78 is 7.94. The normalized spacial score (nSPS) is 23.6. The number of rotatable bonds is 3. The number of benzene rings is 9. The van der Waals surface area contributed by atoms with Gasteiger partial charge in [0.15, 0.2) is 11.4 Å². The van der Waals surface area contributed by atoms with Gasteiger partial charge >= 0.3 is 0 Å². The fraction of sp³-hybridized carbons (Fsp3) is 0.293. The molecule has 12 aliphatic carbocycles. The van der Waals surface area contributed by atoms with Crippen molar-refractivity contribution in [3.8, 4) is 40.1 Å². The maximum Gasteiger partial charge on any atom is 0.193 e. The second-order valence-corrected chi connectivity index (χ2v) is 28.7. The summed E-state index contributed by atoms with van der Waals surface area (Å²) in [5, 5.41) is 35.7. The Morgan fingerprint density at radius 3 is 1.19 bits per heavy atom. The molecule has 4 fully saturated rings. The van der Waals surface area contributed by atoms with Gasteiger partial charge in [0.05, 0.1) is 75.2 Å². The summed E-state index contributed by atoms with van der Waals surface area (Å²) in [5.74, 6) is 2.83. The van der Waals surface area contributed by atoms with E-state index in [0.717, 1.165) is 175 Å². The number of nitrogens with zero attached hydrogens (tertiary/aromatic N) is 7. The highest BCUT2D eigenvalue weighted by atomic mass is 15.0. The molecule has 12 aliphatic rings. The number of nitriles is 2. The van der Waals surface area contributed by atoms with Crippen molar-refractivity contribution in [3.63, 3.8) is 0 Å². The molecular formula is C82H59N7. The molecule has 7 nitrogen and oxygen atoms in total. The lowest BCUT2D eigenvalue weighted by molar-refractivity contribution is 0.360. The molecule has 4 saturated carbocycles. The molecule has 0 radical (unpaired) electrons.